The van der Waals surface area contributed by atoms with E-state index in [-0.39, 0.29) is 5.97 Å². The first-order valence-corrected chi connectivity index (χ1v) is 9.08. The van der Waals surface area contributed by atoms with Crippen LogP contribution < -0.4 is 10.1 Å². The molecule has 2 aromatic heterocycles. The Balaban J connectivity index is 1.58. The standard InChI is InChI=1S/C22H20N4O3/c1-28-18-9-3-15(4-10-18)13-24-20-11-12-23-21-19(14-25-26(20)21)16-5-7-17(8-6-16)22(27)29-2/h3-12,14,24H,13H2,1-2H3. The minimum atomic E-state index is -0.362. The molecule has 0 bridgehead atoms. The van der Waals surface area contributed by atoms with E-state index in [2.05, 4.69) is 15.4 Å². The smallest absolute Gasteiger partial charge is 0.337 e. The molecule has 0 fully saturated rings. The van der Waals surface area contributed by atoms with Crippen molar-refractivity contribution in [2.45, 2.75) is 6.54 Å². The summed E-state index contributed by atoms with van der Waals surface area (Å²) in [4.78, 5) is 16.1. The third kappa shape index (κ3) is 3.75. The number of hydrogen-bond donors (Lipinski definition) is 1. The number of aromatic nitrogens is 3. The van der Waals surface area contributed by atoms with Gasteiger partial charge in [0.25, 0.3) is 0 Å². The van der Waals surface area contributed by atoms with Crippen LogP contribution in [0.15, 0.2) is 67.0 Å². The molecule has 7 heteroatoms. The van der Waals surface area contributed by atoms with Gasteiger partial charge < -0.3 is 14.8 Å². The van der Waals surface area contributed by atoms with E-state index >= 15 is 0 Å². The van der Waals surface area contributed by atoms with Gasteiger partial charge in [-0.1, -0.05) is 24.3 Å². The highest BCUT2D eigenvalue weighted by Gasteiger charge is 2.12. The topological polar surface area (TPSA) is 77.8 Å². The van der Waals surface area contributed by atoms with Gasteiger partial charge in [0.15, 0.2) is 5.65 Å². The number of hydrogen-bond acceptors (Lipinski definition) is 6. The van der Waals surface area contributed by atoms with Crippen LogP contribution in [0.4, 0.5) is 5.82 Å². The molecule has 0 amide bonds. The van der Waals surface area contributed by atoms with Gasteiger partial charge in [0.05, 0.1) is 26.0 Å². The maximum absolute atomic E-state index is 11.6. The lowest BCUT2D eigenvalue weighted by molar-refractivity contribution is 0.0601. The largest absolute Gasteiger partial charge is 0.497 e. The molecule has 2 aromatic carbocycles. The summed E-state index contributed by atoms with van der Waals surface area (Å²) in [6.45, 7) is 0.645. The maximum Gasteiger partial charge on any atom is 0.337 e. The normalized spacial score (nSPS) is 10.7. The van der Waals surface area contributed by atoms with Gasteiger partial charge in [-0.25, -0.2) is 9.78 Å². The lowest BCUT2D eigenvalue weighted by Crippen LogP contribution is -2.05. The Kier molecular flexibility index (Phi) is 5.11. The first-order chi connectivity index (χ1) is 14.2. The molecule has 0 unspecified atom stereocenters. The predicted molar refractivity (Wildman–Crippen MR) is 110 cm³/mol. The molecule has 2 heterocycles. The quantitative estimate of drug-likeness (QED) is 0.506. The van der Waals surface area contributed by atoms with Crippen LogP contribution in [0.1, 0.15) is 15.9 Å². The Labute approximate surface area is 167 Å². The lowest BCUT2D eigenvalue weighted by atomic mass is 10.1. The van der Waals surface area contributed by atoms with Gasteiger partial charge in [0, 0.05) is 18.3 Å². The van der Waals surface area contributed by atoms with Crippen molar-refractivity contribution in [3.05, 3.63) is 78.1 Å². The SMILES string of the molecule is COC(=O)c1ccc(-c2cnn3c(NCc4ccc(OC)cc4)ccnc23)cc1. The minimum absolute atomic E-state index is 0.362. The number of ether oxygens (including phenoxy) is 2. The van der Waals surface area contributed by atoms with E-state index < -0.39 is 0 Å². The van der Waals surface area contributed by atoms with Gasteiger partial charge in [0.2, 0.25) is 0 Å². The molecule has 4 rings (SSSR count). The second kappa shape index (κ2) is 8.02. The molecule has 0 atom stereocenters. The molecular formula is C22H20N4O3. The molecule has 0 spiro atoms. The van der Waals surface area contributed by atoms with Crippen molar-refractivity contribution < 1.29 is 14.3 Å². The number of benzene rings is 2. The number of nitrogens with zero attached hydrogens (tertiary/aromatic N) is 3. The number of methoxy groups -OCH3 is 2. The molecule has 0 saturated heterocycles. The summed E-state index contributed by atoms with van der Waals surface area (Å²) in [5.74, 6) is 1.30. The van der Waals surface area contributed by atoms with Crippen LogP contribution in [0, 0.1) is 0 Å². The number of carbonyl (C=O) groups is 1. The van der Waals surface area contributed by atoms with E-state index in [0.29, 0.717) is 12.1 Å². The highest BCUT2D eigenvalue weighted by Crippen LogP contribution is 2.25. The van der Waals surface area contributed by atoms with E-state index in [1.54, 1.807) is 36.2 Å². The van der Waals surface area contributed by atoms with Crippen molar-refractivity contribution in [1.29, 1.82) is 0 Å². The Morgan fingerprint density at radius 1 is 1.03 bits per heavy atom. The van der Waals surface area contributed by atoms with E-state index in [4.69, 9.17) is 9.47 Å². The molecule has 0 saturated carbocycles. The summed E-state index contributed by atoms with van der Waals surface area (Å²) in [5.41, 5.74) is 4.17. The highest BCUT2D eigenvalue weighted by molar-refractivity contribution is 5.90. The van der Waals surface area contributed by atoms with Gasteiger partial charge in [-0.15, -0.1) is 0 Å². The second-order valence-electron chi connectivity index (χ2n) is 6.39. The first-order valence-electron chi connectivity index (χ1n) is 9.08. The monoisotopic (exact) mass is 388 g/mol. The molecule has 0 aliphatic carbocycles. The fourth-order valence-electron chi connectivity index (χ4n) is 3.07. The van der Waals surface area contributed by atoms with Crippen molar-refractivity contribution in [2.75, 3.05) is 19.5 Å². The van der Waals surface area contributed by atoms with E-state index in [0.717, 1.165) is 33.9 Å². The van der Waals surface area contributed by atoms with Crippen LogP contribution in [0.2, 0.25) is 0 Å². The van der Waals surface area contributed by atoms with Crippen molar-refractivity contribution >= 4 is 17.4 Å². The first kappa shape index (κ1) is 18.5. The van der Waals surface area contributed by atoms with Crippen LogP contribution in [0.5, 0.6) is 5.75 Å². The van der Waals surface area contributed by atoms with Gasteiger partial charge >= 0.3 is 5.97 Å². The third-order valence-electron chi connectivity index (χ3n) is 4.65. The maximum atomic E-state index is 11.6. The summed E-state index contributed by atoms with van der Waals surface area (Å²) in [6, 6.07) is 17.0. The Hall–Kier alpha value is -3.87. The minimum Gasteiger partial charge on any atom is -0.497 e. The lowest BCUT2D eigenvalue weighted by Gasteiger charge is -2.09. The van der Waals surface area contributed by atoms with Crippen molar-refractivity contribution in [1.82, 2.24) is 14.6 Å². The summed E-state index contributed by atoms with van der Waals surface area (Å²) >= 11 is 0. The predicted octanol–water partition coefficient (Wildman–Crippen LogP) is 3.80. The second-order valence-corrected chi connectivity index (χ2v) is 6.39. The fourth-order valence-corrected chi connectivity index (χ4v) is 3.07. The number of anilines is 1. The zero-order valence-corrected chi connectivity index (χ0v) is 16.1. The fraction of sp³-hybridized carbons (Fsp3) is 0.136. The van der Waals surface area contributed by atoms with Crippen molar-refractivity contribution in [2.24, 2.45) is 0 Å². The molecule has 0 aliphatic rings. The summed E-state index contributed by atoms with van der Waals surface area (Å²) < 4.78 is 11.7. The molecule has 7 nitrogen and oxygen atoms in total. The average Bonchev–Trinajstić information content (AvgIpc) is 3.22. The summed E-state index contributed by atoms with van der Waals surface area (Å²) in [6.07, 6.45) is 3.52. The van der Waals surface area contributed by atoms with Crippen LogP contribution in [0.25, 0.3) is 16.8 Å². The van der Waals surface area contributed by atoms with Gasteiger partial charge in [0.1, 0.15) is 11.6 Å². The number of fused-ring (bicyclic) bond motifs is 1. The highest BCUT2D eigenvalue weighted by atomic mass is 16.5. The third-order valence-corrected chi connectivity index (χ3v) is 4.65. The van der Waals surface area contributed by atoms with E-state index in [1.165, 1.54) is 7.11 Å². The molecule has 0 aliphatic heterocycles. The number of esters is 1. The zero-order chi connectivity index (χ0) is 20.2. The summed E-state index contributed by atoms with van der Waals surface area (Å²) in [7, 11) is 3.02. The number of rotatable bonds is 6. The molecular weight excluding hydrogens is 368 g/mol. The van der Waals surface area contributed by atoms with Crippen LogP contribution >= 0.6 is 0 Å². The molecule has 4 aromatic rings. The average molecular weight is 388 g/mol. The van der Waals surface area contributed by atoms with E-state index in [1.807, 2.05) is 42.5 Å². The Morgan fingerprint density at radius 2 is 1.79 bits per heavy atom. The van der Waals surface area contributed by atoms with Crippen LogP contribution in [-0.4, -0.2) is 34.8 Å². The van der Waals surface area contributed by atoms with E-state index in [9.17, 15) is 4.79 Å². The zero-order valence-electron chi connectivity index (χ0n) is 16.1. The van der Waals surface area contributed by atoms with Gasteiger partial charge in [-0.2, -0.15) is 9.61 Å². The number of carbonyl (C=O) groups excluding carboxylic acids is 1. The van der Waals surface area contributed by atoms with Gasteiger partial charge in [-0.05, 0) is 41.5 Å². The Morgan fingerprint density at radius 3 is 2.48 bits per heavy atom. The summed E-state index contributed by atoms with van der Waals surface area (Å²) in [5, 5.41) is 7.88. The Bertz CT molecular complexity index is 1140. The van der Waals surface area contributed by atoms with Crippen LogP contribution in [-0.2, 0) is 11.3 Å². The molecule has 146 valence electrons. The number of nitrogens with one attached hydrogen (secondary N) is 1. The molecule has 0 radical (unpaired) electrons. The molecule has 1 N–H and O–H groups in total. The van der Waals surface area contributed by atoms with Crippen molar-refractivity contribution in [3.63, 3.8) is 0 Å². The van der Waals surface area contributed by atoms with Crippen LogP contribution in [0.3, 0.4) is 0 Å². The molecule has 29 heavy (non-hydrogen) atoms. The van der Waals surface area contributed by atoms with Crippen molar-refractivity contribution in [3.8, 4) is 16.9 Å². The van der Waals surface area contributed by atoms with Gasteiger partial charge in [-0.3, -0.25) is 0 Å².